The zero-order chi connectivity index (χ0) is 13.5. The summed E-state index contributed by atoms with van der Waals surface area (Å²) in [7, 11) is 0. The van der Waals surface area contributed by atoms with Crippen LogP contribution in [0.5, 0.6) is 5.75 Å². The second kappa shape index (κ2) is 6.95. The van der Waals surface area contributed by atoms with Crippen LogP contribution in [-0.2, 0) is 19.4 Å². The summed E-state index contributed by atoms with van der Waals surface area (Å²) < 4.78 is 5.84. The summed E-state index contributed by atoms with van der Waals surface area (Å²) in [6.07, 6.45) is 1.69. The van der Waals surface area contributed by atoms with Gasteiger partial charge in [-0.1, -0.05) is 49.4 Å². The highest BCUT2D eigenvalue weighted by Crippen LogP contribution is 2.19. The van der Waals surface area contributed by atoms with E-state index < -0.39 is 0 Å². The maximum atomic E-state index is 9.03. The number of hydrogen-bond donors (Lipinski definition) is 1. The fraction of sp³-hybridized carbons (Fsp3) is 0.294. The molecule has 2 rings (SSSR count). The molecule has 0 aliphatic heterocycles. The van der Waals surface area contributed by atoms with Crippen LogP contribution in [0.25, 0.3) is 0 Å². The number of para-hydroxylation sites is 1. The Balaban J connectivity index is 2.01. The SMILES string of the molecule is CCc1ccc(COc2ccccc2CCO)cc1. The van der Waals surface area contributed by atoms with Crippen LogP contribution < -0.4 is 4.74 Å². The first-order chi connectivity index (χ1) is 9.33. The summed E-state index contributed by atoms with van der Waals surface area (Å²) >= 11 is 0. The molecule has 100 valence electrons. The van der Waals surface area contributed by atoms with Crippen LogP contribution >= 0.6 is 0 Å². The Morgan fingerprint density at radius 3 is 2.32 bits per heavy atom. The Hall–Kier alpha value is -1.80. The summed E-state index contributed by atoms with van der Waals surface area (Å²) in [5, 5.41) is 9.03. The molecule has 0 aliphatic rings. The van der Waals surface area contributed by atoms with E-state index in [0.717, 1.165) is 23.3 Å². The summed E-state index contributed by atoms with van der Waals surface area (Å²) in [6, 6.07) is 16.3. The molecule has 0 saturated carbocycles. The molecule has 0 radical (unpaired) electrons. The van der Waals surface area contributed by atoms with Gasteiger partial charge in [0.2, 0.25) is 0 Å². The third-order valence-electron chi connectivity index (χ3n) is 3.18. The number of aryl methyl sites for hydroxylation is 1. The molecule has 0 bridgehead atoms. The van der Waals surface area contributed by atoms with E-state index >= 15 is 0 Å². The highest BCUT2D eigenvalue weighted by Gasteiger charge is 2.02. The van der Waals surface area contributed by atoms with Gasteiger partial charge in [0.1, 0.15) is 12.4 Å². The first-order valence-corrected chi connectivity index (χ1v) is 6.73. The van der Waals surface area contributed by atoms with Gasteiger partial charge in [-0.2, -0.15) is 0 Å². The van der Waals surface area contributed by atoms with E-state index in [9.17, 15) is 0 Å². The van der Waals surface area contributed by atoms with Gasteiger partial charge in [0.05, 0.1) is 0 Å². The van der Waals surface area contributed by atoms with E-state index in [-0.39, 0.29) is 6.61 Å². The lowest BCUT2D eigenvalue weighted by molar-refractivity contribution is 0.284. The normalized spacial score (nSPS) is 10.4. The highest BCUT2D eigenvalue weighted by molar-refractivity contribution is 5.34. The van der Waals surface area contributed by atoms with Crippen LogP contribution in [0, 0.1) is 0 Å². The van der Waals surface area contributed by atoms with E-state index in [1.54, 1.807) is 0 Å². The molecule has 2 aromatic rings. The van der Waals surface area contributed by atoms with Gasteiger partial charge < -0.3 is 9.84 Å². The Labute approximate surface area is 114 Å². The number of aliphatic hydroxyl groups is 1. The minimum absolute atomic E-state index is 0.144. The largest absolute Gasteiger partial charge is 0.489 e. The van der Waals surface area contributed by atoms with Crippen LogP contribution in [0.1, 0.15) is 23.6 Å². The van der Waals surface area contributed by atoms with Crippen LogP contribution in [-0.4, -0.2) is 11.7 Å². The van der Waals surface area contributed by atoms with Gasteiger partial charge in [0, 0.05) is 6.61 Å². The standard InChI is InChI=1S/C17H20O2/c1-2-14-7-9-15(10-8-14)13-19-17-6-4-3-5-16(17)11-12-18/h3-10,18H,2,11-13H2,1H3. The van der Waals surface area contributed by atoms with E-state index in [4.69, 9.17) is 9.84 Å². The molecule has 2 nitrogen and oxygen atoms in total. The molecule has 2 heteroatoms. The lowest BCUT2D eigenvalue weighted by Crippen LogP contribution is -2.00. The highest BCUT2D eigenvalue weighted by atomic mass is 16.5. The maximum Gasteiger partial charge on any atom is 0.123 e. The van der Waals surface area contributed by atoms with Crippen LogP contribution in [0.2, 0.25) is 0 Å². The quantitative estimate of drug-likeness (QED) is 0.858. The van der Waals surface area contributed by atoms with E-state index in [1.807, 2.05) is 24.3 Å². The minimum atomic E-state index is 0.144. The number of aliphatic hydroxyl groups excluding tert-OH is 1. The number of ether oxygens (including phenoxy) is 1. The number of hydrogen-bond acceptors (Lipinski definition) is 2. The maximum absolute atomic E-state index is 9.03. The third kappa shape index (κ3) is 3.83. The van der Waals surface area contributed by atoms with Gasteiger partial charge in [0.25, 0.3) is 0 Å². The number of rotatable bonds is 6. The van der Waals surface area contributed by atoms with Crippen molar-refractivity contribution in [1.29, 1.82) is 0 Å². The smallest absolute Gasteiger partial charge is 0.123 e. The Kier molecular flexibility index (Phi) is 4.99. The Morgan fingerprint density at radius 2 is 1.63 bits per heavy atom. The van der Waals surface area contributed by atoms with Crippen molar-refractivity contribution in [3.63, 3.8) is 0 Å². The monoisotopic (exact) mass is 256 g/mol. The molecule has 1 N–H and O–H groups in total. The van der Waals surface area contributed by atoms with Gasteiger partial charge >= 0.3 is 0 Å². The van der Waals surface area contributed by atoms with Crippen LogP contribution in [0.4, 0.5) is 0 Å². The van der Waals surface area contributed by atoms with Crippen molar-refractivity contribution in [3.05, 3.63) is 65.2 Å². The second-order valence-corrected chi connectivity index (χ2v) is 4.54. The van der Waals surface area contributed by atoms with Crippen LogP contribution in [0.15, 0.2) is 48.5 Å². The van der Waals surface area contributed by atoms with Crippen molar-refractivity contribution < 1.29 is 9.84 Å². The Bertz CT molecular complexity index is 503. The lowest BCUT2D eigenvalue weighted by atomic mass is 10.1. The average molecular weight is 256 g/mol. The van der Waals surface area contributed by atoms with Gasteiger partial charge in [-0.15, -0.1) is 0 Å². The van der Waals surface area contributed by atoms with Crippen molar-refractivity contribution >= 4 is 0 Å². The molecule has 0 unspecified atom stereocenters. The van der Waals surface area contributed by atoms with Crippen LogP contribution in [0.3, 0.4) is 0 Å². The molecular weight excluding hydrogens is 236 g/mol. The molecule has 0 heterocycles. The topological polar surface area (TPSA) is 29.5 Å². The summed E-state index contributed by atoms with van der Waals surface area (Å²) in [4.78, 5) is 0. The fourth-order valence-electron chi connectivity index (χ4n) is 2.00. The molecule has 0 aromatic heterocycles. The lowest BCUT2D eigenvalue weighted by Gasteiger charge is -2.11. The summed E-state index contributed by atoms with van der Waals surface area (Å²) in [6.45, 7) is 2.86. The third-order valence-corrected chi connectivity index (χ3v) is 3.18. The molecule has 0 saturated heterocycles. The van der Waals surface area contributed by atoms with Crippen molar-refractivity contribution in [3.8, 4) is 5.75 Å². The Morgan fingerprint density at radius 1 is 0.947 bits per heavy atom. The molecule has 0 atom stereocenters. The van der Waals surface area contributed by atoms with E-state index in [2.05, 4.69) is 31.2 Å². The zero-order valence-corrected chi connectivity index (χ0v) is 11.3. The molecule has 19 heavy (non-hydrogen) atoms. The molecular formula is C17H20O2. The zero-order valence-electron chi connectivity index (χ0n) is 11.3. The van der Waals surface area contributed by atoms with Crippen molar-refractivity contribution in [2.75, 3.05) is 6.61 Å². The minimum Gasteiger partial charge on any atom is -0.489 e. The molecule has 2 aromatic carbocycles. The summed E-state index contributed by atoms with van der Waals surface area (Å²) in [5.41, 5.74) is 3.55. The molecule has 0 aliphatic carbocycles. The number of benzene rings is 2. The van der Waals surface area contributed by atoms with E-state index in [0.29, 0.717) is 13.0 Å². The summed E-state index contributed by atoms with van der Waals surface area (Å²) in [5.74, 6) is 0.858. The van der Waals surface area contributed by atoms with Gasteiger partial charge in [-0.25, -0.2) is 0 Å². The van der Waals surface area contributed by atoms with Crippen molar-refractivity contribution in [2.24, 2.45) is 0 Å². The average Bonchev–Trinajstić information content (AvgIpc) is 2.47. The predicted octanol–water partition coefficient (Wildman–Crippen LogP) is 3.36. The fourth-order valence-corrected chi connectivity index (χ4v) is 2.00. The van der Waals surface area contributed by atoms with Gasteiger partial charge in [-0.05, 0) is 35.6 Å². The molecule has 0 amide bonds. The first kappa shape index (κ1) is 13.6. The predicted molar refractivity (Wildman–Crippen MR) is 77.4 cm³/mol. The molecule has 0 fully saturated rings. The van der Waals surface area contributed by atoms with E-state index in [1.165, 1.54) is 5.56 Å². The molecule has 0 spiro atoms. The van der Waals surface area contributed by atoms with Gasteiger partial charge in [-0.3, -0.25) is 0 Å². The van der Waals surface area contributed by atoms with Crippen molar-refractivity contribution in [2.45, 2.75) is 26.4 Å². The first-order valence-electron chi connectivity index (χ1n) is 6.73. The second-order valence-electron chi connectivity index (χ2n) is 4.54. The van der Waals surface area contributed by atoms with Gasteiger partial charge in [0.15, 0.2) is 0 Å². The van der Waals surface area contributed by atoms with Crippen molar-refractivity contribution in [1.82, 2.24) is 0 Å².